The maximum absolute atomic E-state index is 11.1. The minimum atomic E-state index is -0.357. The second-order valence-corrected chi connectivity index (χ2v) is 5.28. The van der Waals surface area contributed by atoms with Gasteiger partial charge in [0.05, 0.1) is 0 Å². The van der Waals surface area contributed by atoms with Gasteiger partial charge in [-0.3, -0.25) is 4.79 Å². The van der Waals surface area contributed by atoms with Crippen LogP contribution in [0, 0.1) is 13.8 Å². The van der Waals surface area contributed by atoms with Gasteiger partial charge in [-0.05, 0) is 53.8 Å². The summed E-state index contributed by atoms with van der Waals surface area (Å²) in [5.41, 5.74) is 4.16. The Hall–Kier alpha value is -1.80. The topological polar surface area (TPSA) is 26.3 Å². The van der Waals surface area contributed by atoms with Crippen molar-refractivity contribution in [3.63, 3.8) is 0 Å². The zero-order chi connectivity index (χ0) is 14.5. The molecular weight excluding hydrogens is 272 g/mol. The highest BCUT2D eigenvalue weighted by molar-refractivity contribution is 6.63. The molecule has 0 heterocycles. The van der Waals surface area contributed by atoms with Crippen molar-refractivity contribution in [1.82, 2.24) is 0 Å². The minimum absolute atomic E-state index is 0.230. The molecule has 2 aromatic carbocycles. The van der Waals surface area contributed by atoms with E-state index in [4.69, 9.17) is 16.3 Å². The Kier molecular flexibility index (Phi) is 4.80. The summed E-state index contributed by atoms with van der Waals surface area (Å²) in [6.07, 6.45) is 0.230. The summed E-state index contributed by atoms with van der Waals surface area (Å²) in [6, 6.07) is 13.8. The van der Waals surface area contributed by atoms with E-state index in [-0.39, 0.29) is 11.7 Å². The van der Waals surface area contributed by atoms with Crippen molar-refractivity contribution in [2.24, 2.45) is 0 Å². The molecule has 3 heteroatoms. The summed E-state index contributed by atoms with van der Waals surface area (Å²) in [5.74, 6) is 0.872. The van der Waals surface area contributed by atoms with Crippen molar-refractivity contribution in [3.8, 4) is 5.75 Å². The van der Waals surface area contributed by atoms with E-state index in [1.165, 1.54) is 0 Å². The third kappa shape index (κ3) is 3.84. The van der Waals surface area contributed by atoms with Crippen LogP contribution < -0.4 is 4.74 Å². The summed E-state index contributed by atoms with van der Waals surface area (Å²) in [6.45, 7) is 4.49. The zero-order valence-electron chi connectivity index (χ0n) is 11.7. The smallest absolute Gasteiger partial charge is 0.226 e. The van der Waals surface area contributed by atoms with E-state index in [0.29, 0.717) is 6.61 Å². The van der Waals surface area contributed by atoms with Crippen molar-refractivity contribution in [1.29, 1.82) is 0 Å². The van der Waals surface area contributed by atoms with Gasteiger partial charge >= 0.3 is 0 Å². The first-order chi connectivity index (χ1) is 9.56. The largest absolute Gasteiger partial charge is 0.489 e. The van der Waals surface area contributed by atoms with Crippen LogP contribution in [0.2, 0.25) is 0 Å². The van der Waals surface area contributed by atoms with Gasteiger partial charge in [-0.2, -0.15) is 0 Å². The van der Waals surface area contributed by atoms with Crippen LogP contribution >= 0.6 is 11.6 Å². The molecule has 0 aliphatic rings. The normalized spacial score (nSPS) is 10.3. The van der Waals surface area contributed by atoms with Gasteiger partial charge in [-0.25, -0.2) is 0 Å². The molecule has 0 aliphatic carbocycles. The first kappa shape index (κ1) is 14.6. The molecule has 2 aromatic rings. The molecule has 0 saturated carbocycles. The standard InChI is InChI=1S/C17H17ClO2/c1-12-7-8-13(2)16(9-12)20-11-15-6-4-3-5-14(15)10-17(18)19/h3-9H,10-11H2,1-2H3. The van der Waals surface area contributed by atoms with Crippen LogP contribution in [0.1, 0.15) is 22.3 Å². The van der Waals surface area contributed by atoms with Gasteiger partial charge in [0.1, 0.15) is 12.4 Å². The van der Waals surface area contributed by atoms with Crippen LogP contribution in [0.4, 0.5) is 0 Å². The first-order valence-corrected chi connectivity index (χ1v) is 6.89. The highest BCUT2D eigenvalue weighted by Gasteiger charge is 2.07. The molecule has 0 spiro atoms. The predicted molar refractivity (Wildman–Crippen MR) is 81.3 cm³/mol. The number of hydrogen-bond acceptors (Lipinski definition) is 2. The number of carbonyl (C=O) groups excluding carboxylic acids is 1. The Morgan fingerprint density at radius 3 is 2.50 bits per heavy atom. The van der Waals surface area contributed by atoms with Crippen LogP contribution in [-0.4, -0.2) is 5.24 Å². The molecule has 2 nitrogen and oxygen atoms in total. The van der Waals surface area contributed by atoms with Crippen LogP contribution in [0.3, 0.4) is 0 Å². The van der Waals surface area contributed by atoms with Crippen molar-refractivity contribution in [2.75, 3.05) is 0 Å². The van der Waals surface area contributed by atoms with Gasteiger partial charge in [0.25, 0.3) is 0 Å². The number of rotatable bonds is 5. The maximum Gasteiger partial charge on any atom is 0.226 e. The summed E-state index contributed by atoms with van der Waals surface area (Å²) >= 11 is 5.47. The fourth-order valence-corrected chi connectivity index (χ4v) is 2.18. The Labute approximate surface area is 124 Å². The monoisotopic (exact) mass is 288 g/mol. The quantitative estimate of drug-likeness (QED) is 0.771. The Balaban J connectivity index is 2.14. The fourth-order valence-electron chi connectivity index (χ4n) is 2.04. The van der Waals surface area contributed by atoms with Crippen LogP contribution in [0.25, 0.3) is 0 Å². The lowest BCUT2D eigenvalue weighted by molar-refractivity contribution is -0.111. The van der Waals surface area contributed by atoms with Gasteiger partial charge in [0, 0.05) is 6.42 Å². The molecule has 0 aliphatic heterocycles. The van der Waals surface area contributed by atoms with E-state index in [1.54, 1.807) is 0 Å². The first-order valence-electron chi connectivity index (χ1n) is 6.51. The lowest BCUT2D eigenvalue weighted by atomic mass is 10.1. The van der Waals surface area contributed by atoms with E-state index < -0.39 is 0 Å². The lowest BCUT2D eigenvalue weighted by Gasteiger charge is -2.12. The molecule has 0 atom stereocenters. The highest BCUT2D eigenvalue weighted by atomic mass is 35.5. The molecule has 104 valence electrons. The van der Waals surface area contributed by atoms with Gasteiger partial charge in [0.15, 0.2) is 0 Å². The average Bonchev–Trinajstić information content (AvgIpc) is 2.41. The molecule has 0 amide bonds. The summed E-state index contributed by atoms with van der Waals surface area (Å²) in [7, 11) is 0. The van der Waals surface area contributed by atoms with Gasteiger partial charge < -0.3 is 4.74 Å². The van der Waals surface area contributed by atoms with Crippen molar-refractivity contribution < 1.29 is 9.53 Å². The van der Waals surface area contributed by atoms with Crippen LogP contribution in [-0.2, 0) is 17.8 Å². The summed E-state index contributed by atoms with van der Waals surface area (Å²) < 4.78 is 5.87. The maximum atomic E-state index is 11.1. The number of halogens is 1. The van der Waals surface area contributed by atoms with E-state index in [2.05, 4.69) is 6.07 Å². The third-order valence-electron chi connectivity index (χ3n) is 3.17. The van der Waals surface area contributed by atoms with E-state index in [9.17, 15) is 4.79 Å². The Morgan fingerprint density at radius 2 is 1.80 bits per heavy atom. The zero-order valence-corrected chi connectivity index (χ0v) is 12.4. The highest BCUT2D eigenvalue weighted by Crippen LogP contribution is 2.21. The van der Waals surface area contributed by atoms with Gasteiger partial charge in [-0.15, -0.1) is 0 Å². The SMILES string of the molecule is Cc1ccc(C)c(OCc2ccccc2CC(=O)Cl)c1. The molecule has 0 radical (unpaired) electrons. The molecule has 20 heavy (non-hydrogen) atoms. The van der Waals surface area contributed by atoms with E-state index >= 15 is 0 Å². The molecule has 0 aromatic heterocycles. The molecule has 0 bridgehead atoms. The van der Waals surface area contributed by atoms with E-state index in [1.807, 2.05) is 50.2 Å². The average molecular weight is 289 g/mol. The van der Waals surface area contributed by atoms with Crippen molar-refractivity contribution in [3.05, 3.63) is 64.7 Å². The van der Waals surface area contributed by atoms with Crippen LogP contribution in [0.15, 0.2) is 42.5 Å². The molecular formula is C17H17ClO2. The van der Waals surface area contributed by atoms with Crippen molar-refractivity contribution >= 4 is 16.8 Å². The van der Waals surface area contributed by atoms with Crippen molar-refractivity contribution in [2.45, 2.75) is 26.9 Å². The Morgan fingerprint density at radius 1 is 1.10 bits per heavy atom. The summed E-state index contributed by atoms with van der Waals surface area (Å²) in [5, 5.41) is -0.357. The molecule has 0 N–H and O–H groups in total. The van der Waals surface area contributed by atoms with E-state index in [0.717, 1.165) is 28.0 Å². The second kappa shape index (κ2) is 6.58. The molecule has 0 saturated heterocycles. The molecule has 0 fully saturated rings. The minimum Gasteiger partial charge on any atom is -0.489 e. The number of ether oxygens (including phenoxy) is 1. The third-order valence-corrected chi connectivity index (χ3v) is 3.31. The fraction of sp³-hybridized carbons (Fsp3) is 0.235. The lowest BCUT2D eigenvalue weighted by Crippen LogP contribution is -2.03. The molecule has 2 rings (SSSR count). The van der Waals surface area contributed by atoms with Crippen LogP contribution in [0.5, 0.6) is 5.75 Å². The predicted octanol–water partition coefficient (Wildman–Crippen LogP) is 4.19. The number of carbonyl (C=O) groups is 1. The number of benzene rings is 2. The van der Waals surface area contributed by atoms with Gasteiger partial charge in [0.2, 0.25) is 5.24 Å². The summed E-state index contributed by atoms with van der Waals surface area (Å²) in [4.78, 5) is 11.1. The Bertz CT molecular complexity index is 620. The number of hydrogen-bond donors (Lipinski definition) is 0. The molecule has 0 unspecified atom stereocenters. The van der Waals surface area contributed by atoms with Gasteiger partial charge in [-0.1, -0.05) is 36.4 Å². The number of aryl methyl sites for hydroxylation is 2. The second-order valence-electron chi connectivity index (χ2n) is 4.86.